The number of hydrogen-bond donors (Lipinski definition) is 2. The minimum Gasteiger partial charge on any atom is -0.478 e. The molecule has 0 saturated carbocycles. The number of carboxylic acids is 1. The van der Waals surface area contributed by atoms with Gasteiger partial charge < -0.3 is 19.8 Å². The molecule has 3 aromatic rings. The number of amides is 1. The fraction of sp³-hybridized carbons (Fsp3) is 0.321. The highest BCUT2D eigenvalue weighted by atomic mass is 16.6. The van der Waals surface area contributed by atoms with E-state index in [1.165, 1.54) is 12.3 Å². The number of carbonyl (C=O) groups excluding carboxylic acids is 1. The number of pyridine rings is 1. The van der Waals surface area contributed by atoms with Crippen LogP contribution in [-0.4, -0.2) is 44.3 Å². The number of ether oxygens (including phenoxy) is 1. The first kappa shape index (κ1) is 24.4. The first-order valence-electron chi connectivity index (χ1n) is 11.7. The molecule has 2 aromatic carbocycles. The standard InChI is InChI=1S/C28H30N2O5/c1-19(20-9-11-21(12-10-20)24-14-13-22(17-29-24)25(31)32)30-16-15-28(35-26(30)33,18-27(2,3)34)23-7-5-4-6-8-23/h4-14,17,19,34H,15-16,18H2,1-3H3,(H,31,32). The molecule has 2 heterocycles. The van der Waals surface area contributed by atoms with Crippen molar-refractivity contribution in [3.05, 3.63) is 89.6 Å². The van der Waals surface area contributed by atoms with Crippen LogP contribution in [0.2, 0.25) is 0 Å². The van der Waals surface area contributed by atoms with Gasteiger partial charge in [0.15, 0.2) is 0 Å². The van der Waals surface area contributed by atoms with E-state index in [1.807, 2.05) is 61.5 Å². The third-order valence-corrected chi connectivity index (χ3v) is 6.46. The van der Waals surface area contributed by atoms with Crippen LogP contribution in [0.1, 0.15) is 61.1 Å². The molecule has 1 saturated heterocycles. The summed E-state index contributed by atoms with van der Waals surface area (Å²) in [6, 6.07) is 20.3. The number of benzene rings is 2. The molecule has 7 nitrogen and oxygen atoms in total. The summed E-state index contributed by atoms with van der Waals surface area (Å²) in [4.78, 5) is 30.2. The maximum atomic E-state index is 13.2. The van der Waals surface area contributed by atoms with Crippen LogP contribution in [-0.2, 0) is 10.3 Å². The first-order valence-corrected chi connectivity index (χ1v) is 11.7. The number of nitrogens with zero attached hydrogens (tertiary/aromatic N) is 2. The molecule has 35 heavy (non-hydrogen) atoms. The molecular weight excluding hydrogens is 444 g/mol. The maximum absolute atomic E-state index is 13.2. The van der Waals surface area contributed by atoms with Crippen LogP contribution in [0.3, 0.4) is 0 Å². The van der Waals surface area contributed by atoms with Crippen molar-refractivity contribution in [3.63, 3.8) is 0 Å². The number of cyclic esters (lactones) is 1. The molecule has 4 rings (SSSR count). The number of aromatic nitrogens is 1. The van der Waals surface area contributed by atoms with Crippen LogP contribution in [0.15, 0.2) is 72.9 Å². The Morgan fingerprint density at radius 3 is 2.34 bits per heavy atom. The predicted octanol–water partition coefficient (Wildman–Crippen LogP) is 5.41. The van der Waals surface area contributed by atoms with Gasteiger partial charge in [0.05, 0.1) is 22.9 Å². The van der Waals surface area contributed by atoms with Crippen LogP contribution in [0.25, 0.3) is 11.3 Å². The Morgan fingerprint density at radius 1 is 1.11 bits per heavy atom. The summed E-state index contributed by atoms with van der Waals surface area (Å²) < 4.78 is 6.08. The van der Waals surface area contributed by atoms with Gasteiger partial charge in [-0.05, 0) is 44.0 Å². The Kier molecular flexibility index (Phi) is 6.63. The van der Waals surface area contributed by atoms with Crippen LogP contribution in [0.4, 0.5) is 4.79 Å². The smallest absolute Gasteiger partial charge is 0.411 e. The van der Waals surface area contributed by atoms with Gasteiger partial charge in [0.25, 0.3) is 0 Å². The molecular formula is C28H30N2O5. The highest BCUT2D eigenvalue weighted by molar-refractivity contribution is 5.87. The van der Waals surface area contributed by atoms with Crippen LogP contribution >= 0.6 is 0 Å². The van der Waals surface area contributed by atoms with E-state index in [9.17, 15) is 14.7 Å². The molecule has 1 amide bonds. The Labute approximate surface area is 205 Å². The van der Waals surface area contributed by atoms with Crippen molar-refractivity contribution in [2.75, 3.05) is 6.54 Å². The quantitative estimate of drug-likeness (QED) is 0.475. The lowest BCUT2D eigenvalue weighted by Crippen LogP contribution is -2.51. The number of aliphatic hydroxyl groups is 1. The molecule has 2 N–H and O–H groups in total. The van der Waals surface area contributed by atoms with Crippen molar-refractivity contribution in [1.29, 1.82) is 0 Å². The first-order chi connectivity index (χ1) is 16.6. The van der Waals surface area contributed by atoms with Gasteiger partial charge >= 0.3 is 12.1 Å². The molecule has 7 heteroatoms. The van der Waals surface area contributed by atoms with Gasteiger partial charge in [0.1, 0.15) is 5.60 Å². The second-order valence-electron chi connectivity index (χ2n) is 9.70. The highest BCUT2D eigenvalue weighted by Gasteiger charge is 2.46. The molecule has 182 valence electrons. The van der Waals surface area contributed by atoms with Crippen molar-refractivity contribution in [3.8, 4) is 11.3 Å². The SMILES string of the molecule is CC(c1ccc(-c2ccc(C(=O)O)cn2)cc1)N1CCC(CC(C)(C)O)(c2ccccc2)OC1=O. The summed E-state index contributed by atoms with van der Waals surface area (Å²) in [5.74, 6) is -1.01. The molecule has 2 unspecified atom stereocenters. The molecule has 0 spiro atoms. The van der Waals surface area contributed by atoms with Crippen LogP contribution < -0.4 is 0 Å². The minimum absolute atomic E-state index is 0.138. The summed E-state index contributed by atoms with van der Waals surface area (Å²) in [5.41, 5.74) is 1.61. The third kappa shape index (κ3) is 5.35. The van der Waals surface area contributed by atoms with Crippen molar-refractivity contribution >= 4 is 12.1 Å². The number of hydrogen-bond acceptors (Lipinski definition) is 5. The average molecular weight is 475 g/mol. The monoisotopic (exact) mass is 474 g/mol. The van der Waals surface area contributed by atoms with Crippen molar-refractivity contribution in [2.45, 2.75) is 50.9 Å². The van der Waals surface area contributed by atoms with Gasteiger partial charge in [-0.25, -0.2) is 9.59 Å². The van der Waals surface area contributed by atoms with Crippen molar-refractivity contribution in [1.82, 2.24) is 9.88 Å². The summed E-state index contributed by atoms with van der Waals surface area (Å²) in [6.45, 7) is 5.91. The molecule has 1 fully saturated rings. The fourth-order valence-corrected chi connectivity index (χ4v) is 4.69. The van der Waals surface area contributed by atoms with Gasteiger partial charge in [-0.2, -0.15) is 0 Å². The van der Waals surface area contributed by atoms with Crippen molar-refractivity contribution in [2.24, 2.45) is 0 Å². The lowest BCUT2D eigenvalue weighted by molar-refractivity contribution is -0.101. The second-order valence-corrected chi connectivity index (χ2v) is 9.70. The van der Waals surface area contributed by atoms with E-state index in [-0.39, 0.29) is 11.6 Å². The molecule has 2 atom stereocenters. The summed E-state index contributed by atoms with van der Waals surface area (Å²) in [5, 5.41) is 19.6. The Morgan fingerprint density at radius 2 is 1.80 bits per heavy atom. The third-order valence-electron chi connectivity index (χ3n) is 6.46. The lowest BCUT2D eigenvalue weighted by atomic mass is 9.80. The summed E-state index contributed by atoms with van der Waals surface area (Å²) in [6.07, 6.45) is 1.80. The predicted molar refractivity (Wildman–Crippen MR) is 132 cm³/mol. The largest absolute Gasteiger partial charge is 0.478 e. The van der Waals surface area contributed by atoms with E-state index >= 15 is 0 Å². The minimum atomic E-state index is -1.01. The average Bonchev–Trinajstić information content (AvgIpc) is 2.83. The zero-order chi connectivity index (χ0) is 25.2. The van der Waals surface area contributed by atoms with E-state index in [4.69, 9.17) is 9.84 Å². The highest BCUT2D eigenvalue weighted by Crippen LogP contribution is 2.42. The van der Waals surface area contributed by atoms with E-state index in [1.54, 1.807) is 24.8 Å². The molecule has 0 aliphatic carbocycles. The van der Waals surface area contributed by atoms with E-state index in [0.29, 0.717) is 25.1 Å². The molecule has 1 aliphatic heterocycles. The normalized spacial score (nSPS) is 19.2. The number of carboxylic acid groups (broad SMARTS) is 1. The summed E-state index contributed by atoms with van der Waals surface area (Å²) in [7, 11) is 0. The topological polar surface area (TPSA) is 100.0 Å². The van der Waals surface area contributed by atoms with Crippen LogP contribution in [0.5, 0.6) is 0 Å². The Bertz CT molecular complexity index is 1190. The number of carbonyl (C=O) groups is 2. The second kappa shape index (κ2) is 9.50. The van der Waals surface area contributed by atoms with Gasteiger partial charge in [0, 0.05) is 31.1 Å². The molecule has 1 aliphatic rings. The van der Waals surface area contributed by atoms with E-state index in [2.05, 4.69) is 4.98 Å². The zero-order valence-electron chi connectivity index (χ0n) is 20.1. The molecule has 1 aromatic heterocycles. The number of aromatic carboxylic acids is 1. The van der Waals surface area contributed by atoms with Gasteiger partial charge in [0.2, 0.25) is 0 Å². The maximum Gasteiger partial charge on any atom is 0.411 e. The van der Waals surface area contributed by atoms with Gasteiger partial charge in [-0.15, -0.1) is 0 Å². The van der Waals surface area contributed by atoms with Crippen molar-refractivity contribution < 1.29 is 24.5 Å². The zero-order valence-corrected chi connectivity index (χ0v) is 20.1. The molecule has 0 radical (unpaired) electrons. The molecule has 0 bridgehead atoms. The number of rotatable bonds is 7. The van der Waals surface area contributed by atoms with Crippen LogP contribution in [0, 0.1) is 0 Å². The van der Waals surface area contributed by atoms with E-state index < -0.39 is 23.3 Å². The van der Waals surface area contributed by atoms with E-state index in [0.717, 1.165) is 16.7 Å². The Hall–Kier alpha value is -3.71. The lowest BCUT2D eigenvalue weighted by Gasteiger charge is -2.45. The van der Waals surface area contributed by atoms with Gasteiger partial charge in [-0.3, -0.25) is 4.98 Å². The summed E-state index contributed by atoms with van der Waals surface area (Å²) >= 11 is 0. The van der Waals surface area contributed by atoms with Gasteiger partial charge in [-0.1, -0.05) is 54.6 Å². The Balaban J connectivity index is 1.51. The fourth-order valence-electron chi connectivity index (χ4n) is 4.69.